The van der Waals surface area contributed by atoms with Gasteiger partial charge in [-0.05, 0) is 36.4 Å². The summed E-state index contributed by atoms with van der Waals surface area (Å²) in [6.45, 7) is 2.06. The summed E-state index contributed by atoms with van der Waals surface area (Å²) in [6.07, 6.45) is 6.35. The second-order valence-corrected chi connectivity index (χ2v) is 7.02. The maximum atomic E-state index is 10.8. The minimum absolute atomic E-state index is 0.149. The fourth-order valence-corrected chi connectivity index (χ4v) is 2.63. The number of nitro groups is 1. The van der Waals surface area contributed by atoms with Crippen molar-refractivity contribution in [2.75, 3.05) is 46.4 Å². The molecule has 0 spiro atoms. The van der Waals surface area contributed by atoms with Crippen LogP contribution in [0.2, 0.25) is 0 Å². The van der Waals surface area contributed by atoms with Crippen molar-refractivity contribution in [3.8, 4) is 35.7 Å². The summed E-state index contributed by atoms with van der Waals surface area (Å²) in [7, 11) is 3.24. The molecule has 0 saturated heterocycles. The number of terminal acetylenes is 1. The van der Waals surface area contributed by atoms with Crippen molar-refractivity contribution in [3.05, 3.63) is 87.6 Å². The van der Waals surface area contributed by atoms with E-state index in [9.17, 15) is 10.1 Å². The Morgan fingerprint density at radius 1 is 0.917 bits per heavy atom. The normalized spacial score (nSPS) is 9.58. The lowest BCUT2D eigenvalue weighted by atomic mass is 10.2. The topological polar surface area (TPSA) is 119 Å². The molecule has 36 heavy (non-hydrogen) atoms. The smallest absolute Gasteiger partial charge is 0.288 e. The molecule has 0 aliphatic heterocycles. The molecule has 2 N–H and O–H groups in total. The minimum atomic E-state index is -0.540. The molecule has 3 aromatic rings. The van der Waals surface area contributed by atoms with E-state index in [1.807, 2.05) is 30.3 Å². The average molecular weight is 490 g/mol. The highest BCUT2D eigenvalue weighted by Crippen LogP contribution is 2.17. The van der Waals surface area contributed by atoms with Gasteiger partial charge in [-0.1, -0.05) is 29.9 Å². The van der Waals surface area contributed by atoms with Crippen LogP contribution in [0.5, 0.6) is 11.5 Å². The number of ether oxygens (including phenoxy) is 4. The van der Waals surface area contributed by atoms with Gasteiger partial charge in [-0.2, -0.15) is 0 Å². The Morgan fingerprint density at radius 3 is 2.06 bits per heavy atom. The van der Waals surface area contributed by atoms with Gasteiger partial charge in [0.15, 0.2) is 0 Å². The van der Waals surface area contributed by atoms with E-state index >= 15 is 0 Å². The first-order valence-electron chi connectivity index (χ1n) is 10.8. The third kappa shape index (κ3) is 9.74. The summed E-state index contributed by atoms with van der Waals surface area (Å²) >= 11 is 0. The van der Waals surface area contributed by atoms with Gasteiger partial charge in [0.05, 0.1) is 23.7 Å². The SMILES string of the molecule is C#Cc1cccc(OCCOC)c1.COCCOc1cccc(C#Cc2cc([N+](=O)[O-])cnc2N)c1. The highest BCUT2D eigenvalue weighted by molar-refractivity contribution is 5.57. The molecule has 0 fully saturated rings. The molecule has 2 aromatic carbocycles. The molecule has 0 saturated carbocycles. The van der Waals surface area contributed by atoms with Crippen molar-refractivity contribution >= 4 is 11.5 Å². The van der Waals surface area contributed by atoms with Crippen LogP contribution in [0.4, 0.5) is 11.5 Å². The van der Waals surface area contributed by atoms with Crippen LogP contribution in [-0.2, 0) is 9.47 Å². The van der Waals surface area contributed by atoms with E-state index in [0.717, 1.165) is 17.5 Å². The van der Waals surface area contributed by atoms with Crippen LogP contribution in [0.1, 0.15) is 16.7 Å². The van der Waals surface area contributed by atoms with Crippen molar-refractivity contribution in [2.45, 2.75) is 0 Å². The second-order valence-electron chi connectivity index (χ2n) is 7.02. The molecule has 0 atom stereocenters. The van der Waals surface area contributed by atoms with E-state index in [1.165, 1.54) is 6.07 Å². The molecule has 0 aliphatic carbocycles. The molecule has 0 aliphatic rings. The molecule has 186 valence electrons. The fraction of sp³-hybridized carbons (Fsp3) is 0.222. The number of methoxy groups -OCH3 is 2. The van der Waals surface area contributed by atoms with Crippen LogP contribution in [0, 0.1) is 34.3 Å². The van der Waals surface area contributed by atoms with Crippen molar-refractivity contribution in [3.63, 3.8) is 0 Å². The second kappa shape index (κ2) is 15.4. The molecule has 1 aromatic heterocycles. The number of nitrogen functional groups attached to an aromatic ring is 1. The molecular weight excluding hydrogens is 462 g/mol. The number of nitrogens with two attached hydrogens (primary N) is 1. The van der Waals surface area contributed by atoms with E-state index in [0.29, 0.717) is 43.3 Å². The number of hydrogen-bond donors (Lipinski definition) is 1. The van der Waals surface area contributed by atoms with Crippen LogP contribution in [0.15, 0.2) is 60.8 Å². The Hall–Kier alpha value is -4.57. The van der Waals surface area contributed by atoms with E-state index in [4.69, 9.17) is 31.1 Å². The van der Waals surface area contributed by atoms with Crippen LogP contribution in [0.25, 0.3) is 0 Å². The van der Waals surface area contributed by atoms with Crippen molar-refractivity contribution in [1.29, 1.82) is 0 Å². The van der Waals surface area contributed by atoms with Gasteiger partial charge >= 0.3 is 0 Å². The number of pyridine rings is 1. The quantitative estimate of drug-likeness (QED) is 0.209. The number of rotatable bonds is 9. The number of aromatic nitrogens is 1. The van der Waals surface area contributed by atoms with Crippen LogP contribution in [-0.4, -0.2) is 50.6 Å². The summed E-state index contributed by atoms with van der Waals surface area (Å²) < 4.78 is 20.6. The van der Waals surface area contributed by atoms with E-state index in [2.05, 4.69) is 22.7 Å². The molecule has 1 heterocycles. The largest absolute Gasteiger partial charge is 0.491 e. The monoisotopic (exact) mass is 489 g/mol. The summed E-state index contributed by atoms with van der Waals surface area (Å²) in [5, 5.41) is 10.8. The third-order valence-corrected chi connectivity index (χ3v) is 4.40. The molecular formula is C27H27N3O6. The average Bonchev–Trinajstić information content (AvgIpc) is 2.89. The minimum Gasteiger partial charge on any atom is -0.491 e. The van der Waals surface area contributed by atoms with E-state index in [1.54, 1.807) is 32.4 Å². The molecule has 0 radical (unpaired) electrons. The zero-order valence-corrected chi connectivity index (χ0v) is 20.1. The lowest BCUT2D eigenvalue weighted by Crippen LogP contribution is -2.04. The van der Waals surface area contributed by atoms with Crippen molar-refractivity contribution in [1.82, 2.24) is 4.98 Å². The highest BCUT2D eigenvalue weighted by atomic mass is 16.6. The molecule has 0 amide bonds. The van der Waals surface area contributed by atoms with Gasteiger partial charge in [-0.15, -0.1) is 6.42 Å². The van der Waals surface area contributed by atoms with Gasteiger partial charge in [0, 0.05) is 31.4 Å². The third-order valence-electron chi connectivity index (χ3n) is 4.40. The van der Waals surface area contributed by atoms with E-state index in [-0.39, 0.29) is 11.5 Å². The van der Waals surface area contributed by atoms with Crippen LogP contribution < -0.4 is 15.2 Å². The van der Waals surface area contributed by atoms with Gasteiger partial charge in [0.25, 0.3) is 5.69 Å². The predicted octanol–water partition coefficient (Wildman–Crippen LogP) is 3.69. The molecule has 0 unspecified atom stereocenters. The lowest BCUT2D eigenvalue weighted by molar-refractivity contribution is -0.385. The first-order chi connectivity index (χ1) is 17.5. The lowest BCUT2D eigenvalue weighted by Gasteiger charge is -2.05. The molecule has 3 rings (SSSR count). The highest BCUT2D eigenvalue weighted by Gasteiger charge is 2.08. The Bertz CT molecular complexity index is 1240. The Morgan fingerprint density at radius 2 is 1.50 bits per heavy atom. The summed E-state index contributed by atoms with van der Waals surface area (Å²) in [5.74, 6) is 9.84. The summed E-state index contributed by atoms with van der Waals surface area (Å²) in [5.41, 5.74) is 7.38. The first-order valence-corrected chi connectivity index (χ1v) is 10.8. The Kier molecular flexibility index (Phi) is 11.8. The van der Waals surface area contributed by atoms with Crippen molar-refractivity contribution < 1.29 is 23.9 Å². The van der Waals surface area contributed by atoms with Gasteiger partial charge < -0.3 is 24.7 Å². The Labute approximate surface area is 210 Å². The molecule has 0 bridgehead atoms. The van der Waals surface area contributed by atoms with Crippen LogP contribution in [0.3, 0.4) is 0 Å². The van der Waals surface area contributed by atoms with E-state index < -0.39 is 4.92 Å². The Balaban J connectivity index is 0.000000297. The fourth-order valence-electron chi connectivity index (χ4n) is 2.63. The summed E-state index contributed by atoms with van der Waals surface area (Å²) in [6, 6.07) is 15.9. The summed E-state index contributed by atoms with van der Waals surface area (Å²) in [4.78, 5) is 14.0. The predicted molar refractivity (Wildman–Crippen MR) is 137 cm³/mol. The standard InChI is InChI=1S/C16H15N3O4.C11H12O2/c1-22-7-8-23-15-4-2-3-12(9-15)5-6-13-10-14(19(20)21)11-18-16(13)17;1-3-10-5-4-6-11(9-10)13-8-7-12-2/h2-4,9-11H,7-8H2,1H3,(H2,17,18);1,4-6,9H,7-8H2,2H3. The number of nitrogens with zero attached hydrogens (tertiary/aromatic N) is 2. The zero-order valence-electron chi connectivity index (χ0n) is 20.1. The van der Waals surface area contributed by atoms with Gasteiger partial charge in [0.2, 0.25) is 0 Å². The first kappa shape index (κ1) is 27.7. The maximum absolute atomic E-state index is 10.8. The molecule has 9 heteroatoms. The van der Waals surface area contributed by atoms with Gasteiger partial charge in [0.1, 0.15) is 36.7 Å². The van der Waals surface area contributed by atoms with Gasteiger partial charge in [-0.3, -0.25) is 10.1 Å². The molecule has 9 nitrogen and oxygen atoms in total. The van der Waals surface area contributed by atoms with Gasteiger partial charge in [-0.25, -0.2) is 4.98 Å². The number of hydrogen-bond acceptors (Lipinski definition) is 8. The van der Waals surface area contributed by atoms with Crippen LogP contribution >= 0.6 is 0 Å². The number of anilines is 1. The maximum Gasteiger partial charge on any atom is 0.288 e. The number of benzene rings is 2. The van der Waals surface area contributed by atoms with Crippen molar-refractivity contribution in [2.24, 2.45) is 0 Å². The zero-order chi connectivity index (χ0) is 26.2.